The van der Waals surface area contributed by atoms with Gasteiger partial charge in [0, 0.05) is 38.5 Å². The summed E-state index contributed by atoms with van der Waals surface area (Å²) < 4.78 is 5.55. The van der Waals surface area contributed by atoms with Crippen molar-refractivity contribution in [3.05, 3.63) is 23.9 Å². The fraction of sp³-hybridized carbons (Fsp3) is 0.625. The van der Waals surface area contributed by atoms with Crippen LogP contribution < -0.4 is 5.32 Å². The van der Waals surface area contributed by atoms with E-state index in [1.165, 1.54) is 0 Å². The summed E-state index contributed by atoms with van der Waals surface area (Å²) in [5.74, 6) is 0.814. The van der Waals surface area contributed by atoms with Gasteiger partial charge in [0.25, 0.3) is 5.91 Å². The van der Waals surface area contributed by atoms with Gasteiger partial charge in [0.15, 0.2) is 0 Å². The highest BCUT2D eigenvalue weighted by atomic mass is 16.5. The Morgan fingerprint density at radius 2 is 2.38 bits per heavy atom. The highest BCUT2D eigenvalue weighted by Crippen LogP contribution is 2.25. The van der Waals surface area contributed by atoms with Crippen molar-refractivity contribution in [1.82, 2.24) is 9.88 Å². The second-order valence-electron chi connectivity index (χ2n) is 5.84. The molecule has 0 spiro atoms. The maximum absolute atomic E-state index is 12.6. The first-order valence-electron chi connectivity index (χ1n) is 7.62. The number of piperidine rings is 1. The molecule has 0 saturated carbocycles. The van der Waals surface area contributed by atoms with Crippen molar-refractivity contribution >= 4 is 11.7 Å². The number of carbonyl (C=O) groups is 1. The third-order valence-corrected chi connectivity index (χ3v) is 4.00. The van der Waals surface area contributed by atoms with Crippen molar-refractivity contribution in [2.75, 3.05) is 32.1 Å². The van der Waals surface area contributed by atoms with Crippen LogP contribution >= 0.6 is 0 Å². The fourth-order valence-corrected chi connectivity index (χ4v) is 2.64. The van der Waals surface area contributed by atoms with Gasteiger partial charge in [-0.1, -0.05) is 6.92 Å². The molecule has 0 aliphatic carbocycles. The zero-order valence-corrected chi connectivity index (χ0v) is 13.2. The van der Waals surface area contributed by atoms with Gasteiger partial charge in [-0.25, -0.2) is 4.98 Å². The number of likely N-dealkylation sites (tertiary alicyclic amines) is 1. The van der Waals surface area contributed by atoms with Gasteiger partial charge in [-0.2, -0.15) is 0 Å². The van der Waals surface area contributed by atoms with Gasteiger partial charge in [0.05, 0.1) is 5.60 Å². The normalized spacial score (nSPS) is 22.1. The summed E-state index contributed by atoms with van der Waals surface area (Å²) in [6, 6.07) is 3.61. The van der Waals surface area contributed by atoms with Crippen LogP contribution in [0.2, 0.25) is 0 Å². The molecule has 2 rings (SSSR count). The van der Waals surface area contributed by atoms with E-state index in [2.05, 4.69) is 24.1 Å². The van der Waals surface area contributed by atoms with Crippen LogP contribution in [0.3, 0.4) is 0 Å². The van der Waals surface area contributed by atoms with Crippen molar-refractivity contribution < 1.29 is 9.53 Å². The van der Waals surface area contributed by atoms with Gasteiger partial charge in [-0.3, -0.25) is 4.79 Å². The topological polar surface area (TPSA) is 54.5 Å². The van der Waals surface area contributed by atoms with Crippen LogP contribution in [0.4, 0.5) is 5.82 Å². The van der Waals surface area contributed by atoms with E-state index < -0.39 is 0 Å². The number of hydrogen-bond donors (Lipinski definition) is 1. The molecule has 21 heavy (non-hydrogen) atoms. The van der Waals surface area contributed by atoms with E-state index in [1.807, 2.05) is 11.0 Å². The Labute approximate surface area is 126 Å². The molecule has 0 aromatic carbocycles. The summed E-state index contributed by atoms with van der Waals surface area (Å²) in [5, 5.41) is 3.21. The van der Waals surface area contributed by atoms with E-state index in [4.69, 9.17) is 4.74 Å². The monoisotopic (exact) mass is 291 g/mol. The van der Waals surface area contributed by atoms with Gasteiger partial charge < -0.3 is 15.0 Å². The molecule has 1 atom stereocenters. The quantitative estimate of drug-likeness (QED) is 0.906. The lowest BCUT2D eigenvalue weighted by Crippen LogP contribution is -2.49. The van der Waals surface area contributed by atoms with Crippen molar-refractivity contribution in [3.63, 3.8) is 0 Å². The zero-order valence-electron chi connectivity index (χ0n) is 13.2. The van der Waals surface area contributed by atoms with Gasteiger partial charge in [0.2, 0.25) is 0 Å². The van der Waals surface area contributed by atoms with Crippen LogP contribution in [0, 0.1) is 0 Å². The summed E-state index contributed by atoms with van der Waals surface area (Å²) in [4.78, 5) is 18.8. The van der Waals surface area contributed by atoms with Crippen LogP contribution in [0.25, 0.3) is 0 Å². The maximum Gasteiger partial charge on any atom is 0.254 e. The Bertz CT molecular complexity index is 492. The van der Waals surface area contributed by atoms with Gasteiger partial charge in [0.1, 0.15) is 5.82 Å². The average molecular weight is 291 g/mol. The number of nitrogens with one attached hydrogen (secondary N) is 1. The molecule has 1 aliphatic rings. The number of anilines is 1. The number of methoxy groups -OCH3 is 1. The number of rotatable bonds is 5. The minimum atomic E-state index is -0.232. The molecule has 0 radical (unpaired) electrons. The summed E-state index contributed by atoms with van der Waals surface area (Å²) in [6.07, 6.45) is 4.68. The van der Waals surface area contributed by atoms with E-state index in [1.54, 1.807) is 19.4 Å². The number of aromatic nitrogens is 1. The smallest absolute Gasteiger partial charge is 0.254 e. The number of ether oxygens (including phenoxy) is 1. The lowest BCUT2D eigenvalue weighted by molar-refractivity contribution is -0.0440. The Hall–Kier alpha value is -1.62. The molecule has 1 aliphatic heterocycles. The van der Waals surface area contributed by atoms with Crippen molar-refractivity contribution in [3.8, 4) is 0 Å². The molecule has 1 aromatic rings. The van der Waals surface area contributed by atoms with E-state index in [0.717, 1.165) is 38.2 Å². The zero-order chi connectivity index (χ0) is 15.3. The molecule has 1 saturated heterocycles. The van der Waals surface area contributed by atoms with Gasteiger partial charge in [-0.05, 0) is 38.3 Å². The van der Waals surface area contributed by atoms with E-state index >= 15 is 0 Å². The number of amides is 1. The van der Waals surface area contributed by atoms with Crippen LogP contribution in [0.1, 0.15) is 43.5 Å². The number of carbonyl (C=O) groups excluding carboxylic acids is 1. The van der Waals surface area contributed by atoms with E-state index in [0.29, 0.717) is 12.1 Å². The number of nitrogens with zero attached hydrogens (tertiary/aromatic N) is 2. The molecule has 1 N–H and O–H groups in total. The first-order valence-corrected chi connectivity index (χ1v) is 7.62. The Morgan fingerprint density at radius 1 is 1.57 bits per heavy atom. The van der Waals surface area contributed by atoms with Crippen LogP contribution in [0.5, 0.6) is 0 Å². The van der Waals surface area contributed by atoms with Crippen LogP contribution in [0.15, 0.2) is 18.3 Å². The lowest BCUT2D eigenvalue weighted by atomic mass is 9.94. The summed E-state index contributed by atoms with van der Waals surface area (Å²) >= 11 is 0. The second-order valence-corrected chi connectivity index (χ2v) is 5.84. The third kappa shape index (κ3) is 3.94. The predicted octanol–water partition coefficient (Wildman–Crippen LogP) is 2.54. The molecular weight excluding hydrogens is 266 g/mol. The molecule has 1 amide bonds. The molecule has 2 heterocycles. The molecule has 1 unspecified atom stereocenters. The predicted molar refractivity (Wildman–Crippen MR) is 83.6 cm³/mol. The Kier molecular flexibility index (Phi) is 5.17. The Morgan fingerprint density at radius 3 is 3.10 bits per heavy atom. The SMILES string of the molecule is CCCNc1cc(C(=O)N2CCCC(C)(OC)C2)ccn1. The van der Waals surface area contributed by atoms with Gasteiger partial charge >= 0.3 is 0 Å². The molecule has 5 nitrogen and oxygen atoms in total. The first-order chi connectivity index (χ1) is 10.1. The molecule has 0 bridgehead atoms. The molecular formula is C16H25N3O2. The standard InChI is InChI=1S/C16H25N3O2/c1-4-8-17-14-11-13(6-9-18-14)15(20)19-10-5-7-16(2,12-19)21-3/h6,9,11H,4-5,7-8,10,12H2,1-3H3,(H,17,18). The molecule has 5 heteroatoms. The highest BCUT2D eigenvalue weighted by Gasteiger charge is 2.33. The van der Waals surface area contributed by atoms with Crippen LogP contribution in [-0.2, 0) is 4.74 Å². The summed E-state index contributed by atoms with van der Waals surface area (Å²) in [7, 11) is 1.72. The van der Waals surface area contributed by atoms with Gasteiger partial charge in [-0.15, -0.1) is 0 Å². The number of pyridine rings is 1. The average Bonchev–Trinajstić information content (AvgIpc) is 2.52. The largest absolute Gasteiger partial charge is 0.377 e. The summed E-state index contributed by atoms with van der Waals surface area (Å²) in [5.41, 5.74) is 0.452. The lowest BCUT2D eigenvalue weighted by Gasteiger charge is -2.39. The number of hydrogen-bond acceptors (Lipinski definition) is 4. The second kappa shape index (κ2) is 6.89. The molecule has 116 valence electrons. The minimum absolute atomic E-state index is 0.0555. The van der Waals surface area contributed by atoms with Crippen LogP contribution in [-0.4, -0.2) is 48.1 Å². The van der Waals surface area contributed by atoms with Crippen molar-refractivity contribution in [1.29, 1.82) is 0 Å². The van der Waals surface area contributed by atoms with Crippen molar-refractivity contribution in [2.24, 2.45) is 0 Å². The fourth-order valence-electron chi connectivity index (χ4n) is 2.64. The summed E-state index contributed by atoms with van der Waals surface area (Å²) in [6.45, 7) is 6.45. The Balaban J connectivity index is 2.08. The van der Waals surface area contributed by atoms with E-state index in [9.17, 15) is 4.79 Å². The molecule has 1 aromatic heterocycles. The molecule has 1 fully saturated rings. The van der Waals surface area contributed by atoms with E-state index in [-0.39, 0.29) is 11.5 Å². The first kappa shape index (κ1) is 15.8. The maximum atomic E-state index is 12.6. The van der Waals surface area contributed by atoms with Crippen molar-refractivity contribution in [2.45, 2.75) is 38.7 Å². The third-order valence-electron chi connectivity index (χ3n) is 4.00. The minimum Gasteiger partial charge on any atom is -0.377 e. The highest BCUT2D eigenvalue weighted by molar-refractivity contribution is 5.95.